The molecule has 2 aromatic rings. The van der Waals surface area contributed by atoms with E-state index in [0.29, 0.717) is 23.7 Å². The van der Waals surface area contributed by atoms with E-state index >= 15 is 0 Å². The molecule has 0 unspecified atom stereocenters. The fraction of sp³-hybridized carbons (Fsp3) is 0.353. The van der Waals surface area contributed by atoms with Crippen LogP contribution in [-0.4, -0.2) is 51.6 Å². The van der Waals surface area contributed by atoms with E-state index in [-0.39, 0.29) is 10.7 Å². The summed E-state index contributed by atoms with van der Waals surface area (Å²) >= 11 is 0. The zero-order valence-corrected chi connectivity index (χ0v) is 15.8. The zero-order valence-electron chi connectivity index (χ0n) is 15.0. The van der Waals surface area contributed by atoms with E-state index in [2.05, 4.69) is 9.97 Å². The van der Waals surface area contributed by atoms with E-state index in [0.717, 1.165) is 11.8 Å². The van der Waals surface area contributed by atoms with Crippen LogP contribution in [-0.2, 0) is 16.4 Å². The maximum Gasteiger partial charge on any atom is 0.224 e. The average molecular weight is 362 g/mol. The maximum absolute atomic E-state index is 12.1. The molecule has 0 N–H and O–H groups in total. The first-order valence-electron chi connectivity index (χ1n) is 7.64. The Morgan fingerprint density at radius 3 is 2.20 bits per heavy atom. The molecule has 0 spiro atoms. The largest absolute Gasteiger partial charge is 0.369 e. The Labute approximate surface area is 148 Å². The smallest absolute Gasteiger partial charge is 0.224 e. The Bertz CT molecular complexity index is 877. The Hall–Kier alpha value is -2.48. The third kappa shape index (κ3) is 4.54. The van der Waals surface area contributed by atoms with Crippen molar-refractivity contribution >= 4 is 27.3 Å². The molecular formula is C17H22N4O3S. The highest BCUT2D eigenvalue weighted by atomic mass is 32.2. The molecule has 0 aliphatic carbocycles. The van der Waals surface area contributed by atoms with Crippen LogP contribution in [0.1, 0.15) is 22.8 Å². The number of carbonyl (C=O) groups is 1. The van der Waals surface area contributed by atoms with Crippen molar-refractivity contribution in [3.05, 3.63) is 41.7 Å². The number of aromatic nitrogens is 2. The van der Waals surface area contributed by atoms with Crippen LogP contribution in [0.15, 0.2) is 35.5 Å². The summed E-state index contributed by atoms with van der Waals surface area (Å²) in [6.07, 6.45) is 4.56. The summed E-state index contributed by atoms with van der Waals surface area (Å²) in [6.45, 7) is 1.87. The molecule has 1 aromatic carbocycles. The van der Waals surface area contributed by atoms with Crippen molar-refractivity contribution in [1.82, 2.24) is 9.97 Å². The van der Waals surface area contributed by atoms with Crippen LogP contribution >= 0.6 is 0 Å². The van der Waals surface area contributed by atoms with Crippen molar-refractivity contribution in [2.45, 2.75) is 18.4 Å². The second-order valence-electron chi connectivity index (χ2n) is 6.15. The summed E-state index contributed by atoms with van der Waals surface area (Å²) in [5.74, 6) is 0.482. The Balaban J connectivity index is 2.38. The number of Topliss-reactive ketones (excluding diaryl/α,β-unsaturated/α-hetero) is 1. The van der Waals surface area contributed by atoms with Crippen LogP contribution in [0.3, 0.4) is 0 Å². The fourth-order valence-corrected chi connectivity index (χ4v) is 3.28. The molecule has 0 radical (unpaired) electrons. The van der Waals surface area contributed by atoms with Crippen molar-refractivity contribution in [3.8, 4) is 0 Å². The molecule has 0 aliphatic heterocycles. The standard InChI is InChI=1S/C17H22N4O3S/c1-12(22)14-6-7-16(25(5,23)24)15(8-14)21(4)11-13-9-18-17(19-10-13)20(2)3/h6-10H,11H2,1-5H3. The summed E-state index contributed by atoms with van der Waals surface area (Å²) in [5.41, 5.74) is 1.78. The summed E-state index contributed by atoms with van der Waals surface area (Å²) < 4.78 is 24.1. The molecule has 2 rings (SSSR count). The number of carbonyl (C=O) groups excluding carboxylic acids is 1. The van der Waals surface area contributed by atoms with Gasteiger partial charge in [0.2, 0.25) is 5.95 Å². The van der Waals surface area contributed by atoms with E-state index in [9.17, 15) is 13.2 Å². The van der Waals surface area contributed by atoms with E-state index in [1.54, 1.807) is 35.3 Å². The van der Waals surface area contributed by atoms with Crippen molar-refractivity contribution in [3.63, 3.8) is 0 Å². The van der Waals surface area contributed by atoms with E-state index < -0.39 is 9.84 Å². The number of hydrogen-bond acceptors (Lipinski definition) is 7. The molecule has 0 atom stereocenters. The quantitative estimate of drug-likeness (QED) is 0.724. The van der Waals surface area contributed by atoms with Crippen LogP contribution in [0, 0.1) is 0 Å². The molecule has 134 valence electrons. The molecule has 0 fully saturated rings. The Morgan fingerprint density at radius 1 is 1.12 bits per heavy atom. The first-order valence-corrected chi connectivity index (χ1v) is 9.53. The molecule has 8 heteroatoms. The summed E-state index contributed by atoms with van der Waals surface area (Å²) in [7, 11) is 2.06. The second-order valence-corrected chi connectivity index (χ2v) is 8.14. The number of anilines is 2. The predicted molar refractivity (Wildman–Crippen MR) is 98.0 cm³/mol. The number of ketones is 1. The molecule has 0 aliphatic rings. The van der Waals surface area contributed by atoms with Crippen LogP contribution in [0.4, 0.5) is 11.6 Å². The fourth-order valence-electron chi connectivity index (χ4n) is 2.37. The lowest BCUT2D eigenvalue weighted by molar-refractivity contribution is 0.101. The topological polar surface area (TPSA) is 83.5 Å². The van der Waals surface area contributed by atoms with Crippen LogP contribution in [0.5, 0.6) is 0 Å². The van der Waals surface area contributed by atoms with Gasteiger partial charge in [-0.05, 0) is 25.1 Å². The number of hydrogen-bond donors (Lipinski definition) is 0. The van der Waals surface area contributed by atoms with Gasteiger partial charge < -0.3 is 9.80 Å². The number of benzene rings is 1. The maximum atomic E-state index is 12.1. The summed E-state index contributed by atoms with van der Waals surface area (Å²) in [6, 6.07) is 4.61. The van der Waals surface area contributed by atoms with Crippen LogP contribution < -0.4 is 9.80 Å². The lowest BCUT2D eigenvalue weighted by Crippen LogP contribution is -2.20. The van der Waals surface area contributed by atoms with Gasteiger partial charge in [0.25, 0.3) is 0 Å². The molecule has 25 heavy (non-hydrogen) atoms. The lowest BCUT2D eigenvalue weighted by atomic mass is 10.1. The second kappa shape index (κ2) is 7.18. The van der Waals surface area contributed by atoms with Gasteiger partial charge in [0.1, 0.15) is 0 Å². The van der Waals surface area contributed by atoms with Gasteiger partial charge in [-0.15, -0.1) is 0 Å². The van der Waals surface area contributed by atoms with Crippen molar-refractivity contribution in [2.75, 3.05) is 37.2 Å². The first kappa shape index (κ1) is 18.9. The van der Waals surface area contributed by atoms with Gasteiger partial charge in [-0.1, -0.05) is 0 Å². The number of rotatable bonds is 6. The zero-order chi connectivity index (χ0) is 18.8. The minimum absolute atomic E-state index is 0.117. The van der Waals surface area contributed by atoms with Gasteiger partial charge in [0, 0.05) is 57.5 Å². The Kier molecular flexibility index (Phi) is 5.42. The van der Waals surface area contributed by atoms with E-state index in [1.165, 1.54) is 19.1 Å². The molecule has 7 nitrogen and oxygen atoms in total. The van der Waals surface area contributed by atoms with E-state index in [4.69, 9.17) is 0 Å². The van der Waals surface area contributed by atoms with Gasteiger partial charge in [0.05, 0.1) is 10.6 Å². The number of sulfone groups is 1. The molecule has 0 amide bonds. The minimum Gasteiger partial charge on any atom is -0.369 e. The van der Waals surface area contributed by atoms with Gasteiger partial charge in [-0.25, -0.2) is 18.4 Å². The minimum atomic E-state index is -3.42. The predicted octanol–water partition coefficient (Wildman–Crippen LogP) is 1.79. The summed E-state index contributed by atoms with van der Waals surface area (Å²) in [4.78, 5) is 23.9. The SMILES string of the molecule is CC(=O)c1ccc(S(C)(=O)=O)c(N(C)Cc2cnc(N(C)C)nc2)c1. The molecule has 0 bridgehead atoms. The first-order chi connectivity index (χ1) is 11.6. The van der Waals surface area contributed by atoms with Gasteiger partial charge in [-0.2, -0.15) is 0 Å². The molecule has 0 saturated heterocycles. The van der Waals surface area contributed by atoms with Crippen LogP contribution in [0.25, 0.3) is 0 Å². The molecule has 1 aromatic heterocycles. The Morgan fingerprint density at radius 2 is 1.72 bits per heavy atom. The highest BCUT2D eigenvalue weighted by molar-refractivity contribution is 7.90. The number of nitrogens with zero attached hydrogens (tertiary/aromatic N) is 4. The lowest BCUT2D eigenvalue weighted by Gasteiger charge is -2.22. The molecule has 0 saturated carbocycles. The van der Waals surface area contributed by atoms with Crippen LogP contribution in [0.2, 0.25) is 0 Å². The van der Waals surface area contributed by atoms with Gasteiger partial charge >= 0.3 is 0 Å². The highest BCUT2D eigenvalue weighted by Gasteiger charge is 2.18. The molecular weight excluding hydrogens is 340 g/mol. The molecule has 1 heterocycles. The average Bonchev–Trinajstić information content (AvgIpc) is 2.53. The highest BCUT2D eigenvalue weighted by Crippen LogP contribution is 2.27. The third-order valence-corrected chi connectivity index (χ3v) is 4.83. The van der Waals surface area contributed by atoms with Crippen molar-refractivity contribution in [2.24, 2.45) is 0 Å². The third-order valence-electron chi connectivity index (χ3n) is 3.69. The normalized spacial score (nSPS) is 11.2. The monoisotopic (exact) mass is 362 g/mol. The van der Waals surface area contributed by atoms with Gasteiger partial charge in [-0.3, -0.25) is 4.79 Å². The van der Waals surface area contributed by atoms with Crippen molar-refractivity contribution < 1.29 is 13.2 Å². The van der Waals surface area contributed by atoms with Gasteiger partial charge in [0.15, 0.2) is 15.6 Å². The summed E-state index contributed by atoms with van der Waals surface area (Å²) in [5, 5.41) is 0. The van der Waals surface area contributed by atoms with Crippen molar-refractivity contribution in [1.29, 1.82) is 0 Å². The van der Waals surface area contributed by atoms with E-state index in [1.807, 2.05) is 14.1 Å².